The molecule has 0 saturated heterocycles. The number of benzene rings is 1. The van der Waals surface area contributed by atoms with Crippen molar-refractivity contribution in [1.29, 1.82) is 0 Å². The van der Waals surface area contributed by atoms with Gasteiger partial charge in [-0.05, 0) is 38.3 Å². The van der Waals surface area contributed by atoms with E-state index in [0.29, 0.717) is 17.3 Å². The molecule has 3 nitrogen and oxygen atoms in total. The van der Waals surface area contributed by atoms with Gasteiger partial charge >= 0.3 is 0 Å². The first kappa shape index (κ1) is 15.8. The highest BCUT2D eigenvalue weighted by molar-refractivity contribution is 7.89. The number of hydrogen-bond acceptors (Lipinski definition) is 2. The van der Waals surface area contributed by atoms with Crippen LogP contribution in [0.4, 0.5) is 0 Å². The summed E-state index contributed by atoms with van der Waals surface area (Å²) in [7, 11) is -3.45. The molecular formula is C15H22ClNO2S. The summed E-state index contributed by atoms with van der Waals surface area (Å²) >= 11 is 5.83. The summed E-state index contributed by atoms with van der Waals surface area (Å²) in [5.41, 5.74) is 1.88. The third-order valence-electron chi connectivity index (χ3n) is 3.95. The average molecular weight is 316 g/mol. The van der Waals surface area contributed by atoms with Gasteiger partial charge in [-0.25, -0.2) is 8.42 Å². The molecule has 1 aliphatic carbocycles. The Morgan fingerprint density at radius 1 is 1.25 bits per heavy atom. The summed E-state index contributed by atoms with van der Waals surface area (Å²) in [4.78, 5) is 0.417. The quantitative estimate of drug-likeness (QED) is 0.780. The minimum atomic E-state index is -3.45. The van der Waals surface area contributed by atoms with Crippen LogP contribution in [0.5, 0.6) is 0 Å². The average Bonchev–Trinajstić information content (AvgIpc) is 2.88. The van der Waals surface area contributed by atoms with Crippen LogP contribution in [0.1, 0.15) is 36.8 Å². The highest BCUT2D eigenvalue weighted by Crippen LogP contribution is 2.30. The van der Waals surface area contributed by atoms with Crippen LogP contribution in [0.15, 0.2) is 23.1 Å². The number of sulfonamides is 1. The van der Waals surface area contributed by atoms with E-state index in [9.17, 15) is 8.42 Å². The van der Waals surface area contributed by atoms with E-state index in [1.54, 1.807) is 10.4 Å². The molecule has 0 heterocycles. The molecule has 1 saturated carbocycles. The molecule has 1 fully saturated rings. The number of hydrogen-bond donors (Lipinski definition) is 0. The largest absolute Gasteiger partial charge is 0.243 e. The van der Waals surface area contributed by atoms with Crippen molar-refractivity contribution in [2.75, 3.05) is 12.4 Å². The van der Waals surface area contributed by atoms with Crippen molar-refractivity contribution in [3.8, 4) is 0 Å². The van der Waals surface area contributed by atoms with Crippen molar-refractivity contribution in [3.05, 3.63) is 29.3 Å². The lowest BCUT2D eigenvalue weighted by Crippen LogP contribution is -2.40. The highest BCUT2D eigenvalue weighted by Gasteiger charge is 2.33. The molecule has 5 heteroatoms. The maximum absolute atomic E-state index is 12.9. The van der Waals surface area contributed by atoms with Crippen molar-refractivity contribution in [2.24, 2.45) is 0 Å². The number of alkyl halides is 1. The zero-order valence-electron chi connectivity index (χ0n) is 12.1. The first-order valence-electron chi connectivity index (χ1n) is 7.12. The third kappa shape index (κ3) is 3.18. The summed E-state index contributed by atoms with van der Waals surface area (Å²) in [5.74, 6) is 0.334. The minimum absolute atomic E-state index is 0.111. The highest BCUT2D eigenvalue weighted by atomic mass is 35.5. The Balaban J connectivity index is 2.39. The Bertz CT molecular complexity index is 565. The van der Waals surface area contributed by atoms with E-state index in [1.165, 1.54) is 0 Å². The van der Waals surface area contributed by atoms with Crippen LogP contribution in [-0.4, -0.2) is 31.2 Å². The van der Waals surface area contributed by atoms with Crippen molar-refractivity contribution < 1.29 is 8.42 Å². The molecule has 0 N–H and O–H groups in total. The summed E-state index contributed by atoms with van der Waals surface area (Å²) in [5, 5.41) is 0. The molecule has 0 radical (unpaired) electrons. The van der Waals surface area contributed by atoms with Gasteiger partial charge in [-0.1, -0.05) is 30.5 Å². The van der Waals surface area contributed by atoms with Gasteiger partial charge in [0.15, 0.2) is 0 Å². The predicted octanol–water partition coefficient (Wildman–Crippen LogP) is 3.48. The van der Waals surface area contributed by atoms with Crippen LogP contribution in [-0.2, 0) is 10.0 Å². The van der Waals surface area contributed by atoms with Crippen molar-refractivity contribution in [1.82, 2.24) is 4.31 Å². The molecule has 1 aliphatic rings. The van der Waals surface area contributed by atoms with Crippen LogP contribution in [0, 0.1) is 13.8 Å². The predicted molar refractivity (Wildman–Crippen MR) is 82.8 cm³/mol. The van der Waals surface area contributed by atoms with Gasteiger partial charge in [-0.3, -0.25) is 0 Å². The molecule has 20 heavy (non-hydrogen) atoms. The maximum Gasteiger partial charge on any atom is 0.243 e. The molecule has 0 unspecified atom stereocenters. The molecule has 0 bridgehead atoms. The topological polar surface area (TPSA) is 37.4 Å². The molecule has 0 aromatic heterocycles. The minimum Gasteiger partial charge on any atom is -0.207 e. The standard InChI is InChI=1S/C15H22ClNO2S/c1-12-7-8-15(13(2)11-12)20(18,19)17(10-9-16)14-5-3-4-6-14/h7-8,11,14H,3-6,9-10H2,1-2H3. The summed E-state index contributed by atoms with van der Waals surface area (Å²) < 4.78 is 27.4. The van der Waals surface area contributed by atoms with E-state index >= 15 is 0 Å². The maximum atomic E-state index is 12.9. The number of aryl methyl sites for hydroxylation is 2. The van der Waals surface area contributed by atoms with E-state index < -0.39 is 10.0 Å². The second-order valence-corrected chi connectivity index (χ2v) is 7.75. The normalized spacial score (nSPS) is 17.0. The lowest BCUT2D eigenvalue weighted by atomic mass is 10.2. The number of nitrogens with zero attached hydrogens (tertiary/aromatic N) is 1. The van der Waals surface area contributed by atoms with Gasteiger partial charge in [0.2, 0.25) is 10.0 Å². The fraction of sp³-hybridized carbons (Fsp3) is 0.600. The van der Waals surface area contributed by atoms with Crippen LogP contribution in [0.2, 0.25) is 0 Å². The molecule has 1 aromatic carbocycles. The Hall–Kier alpha value is -0.580. The second kappa shape index (κ2) is 6.46. The first-order chi connectivity index (χ1) is 9.46. The smallest absolute Gasteiger partial charge is 0.207 e. The lowest BCUT2D eigenvalue weighted by Gasteiger charge is -2.28. The van der Waals surface area contributed by atoms with Crippen LogP contribution < -0.4 is 0 Å². The Morgan fingerprint density at radius 3 is 2.45 bits per heavy atom. The van der Waals surface area contributed by atoms with Crippen LogP contribution in [0.3, 0.4) is 0 Å². The number of halogens is 1. The van der Waals surface area contributed by atoms with Gasteiger partial charge < -0.3 is 0 Å². The molecule has 1 aromatic rings. The van der Waals surface area contributed by atoms with Gasteiger partial charge in [0.1, 0.15) is 0 Å². The molecule has 0 aliphatic heterocycles. The monoisotopic (exact) mass is 315 g/mol. The Kier molecular flexibility index (Phi) is 5.10. The summed E-state index contributed by atoms with van der Waals surface area (Å²) in [6.07, 6.45) is 4.10. The summed E-state index contributed by atoms with van der Waals surface area (Å²) in [6, 6.07) is 5.60. The zero-order chi connectivity index (χ0) is 14.8. The second-order valence-electron chi connectivity index (χ2n) is 5.51. The fourth-order valence-electron chi connectivity index (χ4n) is 2.99. The first-order valence-corrected chi connectivity index (χ1v) is 9.09. The van der Waals surface area contributed by atoms with Gasteiger partial charge in [-0.15, -0.1) is 11.6 Å². The van der Waals surface area contributed by atoms with E-state index in [0.717, 1.165) is 36.8 Å². The van der Waals surface area contributed by atoms with Crippen LogP contribution in [0.25, 0.3) is 0 Å². The van der Waals surface area contributed by atoms with E-state index in [1.807, 2.05) is 26.0 Å². The molecule has 0 spiro atoms. The van der Waals surface area contributed by atoms with Crippen molar-refractivity contribution in [3.63, 3.8) is 0 Å². The molecule has 0 amide bonds. The fourth-order valence-corrected chi connectivity index (χ4v) is 5.17. The van der Waals surface area contributed by atoms with Gasteiger partial charge in [0.25, 0.3) is 0 Å². The Morgan fingerprint density at radius 2 is 1.90 bits per heavy atom. The van der Waals surface area contributed by atoms with E-state index in [-0.39, 0.29) is 6.04 Å². The zero-order valence-corrected chi connectivity index (χ0v) is 13.7. The van der Waals surface area contributed by atoms with E-state index in [2.05, 4.69) is 0 Å². The summed E-state index contributed by atoms with van der Waals surface area (Å²) in [6.45, 7) is 4.21. The number of rotatable bonds is 5. The van der Waals surface area contributed by atoms with Crippen LogP contribution >= 0.6 is 11.6 Å². The molecule has 2 rings (SSSR count). The third-order valence-corrected chi connectivity index (χ3v) is 6.24. The Labute approximate surface area is 127 Å². The molecular weight excluding hydrogens is 294 g/mol. The molecule has 0 atom stereocenters. The van der Waals surface area contributed by atoms with Gasteiger partial charge in [0, 0.05) is 18.5 Å². The lowest BCUT2D eigenvalue weighted by molar-refractivity contribution is 0.336. The molecule has 112 valence electrons. The SMILES string of the molecule is Cc1ccc(S(=O)(=O)N(CCCl)C2CCCC2)c(C)c1. The van der Waals surface area contributed by atoms with Gasteiger partial charge in [-0.2, -0.15) is 4.31 Å². The van der Waals surface area contributed by atoms with E-state index in [4.69, 9.17) is 11.6 Å². The van der Waals surface area contributed by atoms with Crippen molar-refractivity contribution in [2.45, 2.75) is 50.5 Å². The van der Waals surface area contributed by atoms with Gasteiger partial charge in [0.05, 0.1) is 4.90 Å². The van der Waals surface area contributed by atoms with Crippen molar-refractivity contribution >= 4 is 21.6 Å².